The molecular formula is C13H16F3NO3S. The van der Waals surface area contributed by atoms with Crippen LogP contribution in [0.4, 0.5) is 13.2 Å². The zero-order valence-electron chi connectivity index (χ0n) is 11.6. The van der Waals surface area contributed by atoms with Gasteiger partial charge in [-0.05, 0) is 26.0 Å². The predicted molar refractivity (Wildman–Crippen MR) is 71.5 cm³/mol. The summed E-state index contributed by atoms with van der Waals surface area (Å²) >= 11 is 0. The first-order chi connectivity index (χ1) is 9.49. The van der Waals surface area contributed by atoms with E-state index in [1.54, 1.807) is 19.1 Å². The summed E-state index contributed by atoms with van der Waals surface area (Å²) in [6, 6.07) is 5.19. The second-order valence-electron chi connectivity index (χ2n) is 4.85. The van der Waals surface area contributed by atoms with E-state index in [1.807, 2.05) is 5.32 Å². The summed E-state index contributed by atoms with van der Waals surface area (Å²) in [7, 11) is -3.66. The molecule has 0 aliphatic carbocycles. The molecule has 118 valence electrons. The molecule has 1 aromatic carbocycles. The van der Waals surface area contributed by atoms with Gasteiger partial charge in [-0.15, -0.1) is 0 Å². The normalized spacial score (nSPS) is 13.8. The van der Waals surface area contributed by atoms with Crippen LogP contribution in [0, 0.1) is 6.92 Å². The Hall–Kier alpha value is -1.57. The Morgan fingerprint density at radius 2 is 1.76 bits per heavy atom. The number of carbonyl (C=O) groups is 1. The van der Waals surface area contributed by atoms with Crippen LogP contribution in [0.1, 0.15) is 18.9 Å². The molecule has 0 bridgehead atoms. The minimum absolute atomic E-state index is 0.0741. The maximum Gasteiger partial charge on any atom is 0.397 e. The van der Waals surface area contributed by atoms with Gasteiger partial charge in [-0.2, -0.15) is 13.2 Å². The minimum Gasteiger partial charge on any atom is -0.352 e. The van der Waals surface area contributed by atoms with Crippen LogP contribution in [0.3, 0.4) is 0 Å². The van der Waals surface area contributed by atoms with Crippen LogP contribution < -0.4 is 5.32 Å². The van der Waals surface area contributed by atoms with Gasteiger partial charge in [-0.1, -0.05) is 17.7 Å². The molecule has 0 heterocycles. The number of hydrogen-bond donors (Lipinski definition) is 1. The van der Waals surface area contributed by atoms with Gasteiger partial charge in [0.2, 0.25) is 5.91 Å². The second kappa shape index (κ2) is 6.46. The molecule has 8 heteroatoms. The van der Waals surface area contributed by atoms with Crippen molar-refractivity contribution >= 4 is 15.7 Å². The van der Waals surface area contributed by atoms with E-state index in [0.29, 0.717) is 0 Å². The number of alkyl halides is 3. The number of nitrogens with one attached hydrogen (secondary N) is 1. The Balaban J connectivity index is 2.67. The van der Waals surface area contributed by atoms with Crippen LogP contribution in [0.25, 0.3) is 0 Å². The Kier molecular flexibility index (Phi) is 5.38. The molecule has 1 aromatic rings. The SMILES string of the molecule is Cc1ccc(S(=O)(=O)C[C@@H](C)NC(=O)CC(F)(F)F)cc1. The molecule has 1 amide bonds. The van der Waals surface area contributed by atoms with Gasteiger partial charge in [0, 0.05) is 6.04 Å². The zero-order chi connectivity index (χ0) is 16.3. The first-order valence-corrected chi connectivity index (χ1v) is 7.80. The van der Waals surface area contributed by atoms with Crippen molar-refractivity contribution in [3.8, 4) is 0 Å². The lowest BCUT2D eigenvalue weighted by Crippen LogP contribution is -2.39. The number of aryl methyl sites for hydroxylation is 1. The fraction of sp³-hybridized carbons (Fsp3) is 0.462. The molecule has 0 saturated heterocycles. The quantitative estimate of drug-likeness (QED) is 0.904. The summed E-state index contributed by atoms with van der Waals surface area (Å²) in [5, 5.41) is 2.04. The maximum atomic E-state index is 12.0. The van der Waals surface area contributed by atoms with Gasteiger partial charge >= 0.3 is 6.18 Å². The van der Waals surface area contributed by atoms with E-state index in [4.69, 9.17) is 0 Å². The van der Waals surface area contributed by atoms with Crippen LogP contribution in [0.2, 0.25) is 0 Å². The highest BCUT2D eigenvalue weighted by Crippen LogP contribution is 2.19. The Labute approximate surface area is 121 Å². The summed E-state index contributed by atoms with van der Waals surface area (Å²) in [5.41, 5.74) is 0.889. The number of benzene rings is 1. The third-order valence-corrected chi connectivity index (χ3v) is 4.55. The van der Waals surface area contributed by atoms with Crippen molar-refractivity contribution < 1.29 is 26.4 Å². The first kappa shape index (κ1) is 17.5. The largest absolute Gasteiger partial charge is 0.397 e. The van der Waals surface area contributed by atoms with Gasteiger partial charge in [0.15, 0.2) is 9.84 Å². The maximum absolute atomic E-state index is 12.0. The van der Waals surface area contributed by atoms with Gasteiger partial charge in [0.1, 0.15) is 6.42 Å². The van der Waals surface area contributed by atoms with Gasteiger partial charge in [-0.3, -0.25) is 4.79 Å². The average molecular weight is 323 g/mol. The number of sulfone groups is 1. The van der Waals surface area contributed by atoms with Crippen molar-refractivity contribution in [2.45, 2.75) is 37.4 Å². The lowest BCUT2D eigenvalue weighted by atomic mass is 10.2. The van der Waals surface area contributed by atoms with E-state index in [0.717, 1.165) is 5.56 Å². The topological polar surface area (TPSA) is 63.2 Å². The van der Waals surface area contributed by atoms with Crippen LogP contribution in [0.15, 0.2) is 29.2 Å². The molecule has 0 saturated carbocycles. The third-order valence-electron chi connectivity index (χ3n) is 2.62. The van der Waals surface area contributed by atoms with Gasteiger partial charge in [-0.25, -0.2) is 8.42 Å². The van der Waals surface area contributed by atoms with Crippen LogP contribution in [0.5, 0.6) is 0 Å². The second-order valence-corrected chi connectivity index (χ2v) is 6.89. The fourth-order valence-electron chi connectivity index (χ4n) is 1.72. The molecule has 4 nitrogen and oxygen atoms in total. The smallest absolute Gasteiger partial charge is 0.352 e. The highest BCUT2D eigenvalue weighted by molar-refractivity contribution is 7.91. The molecule has 0 spiro atoms. The molecule has 0 aliphatic heterocycles. The summed E-state index contributed by atoms with van der Waals surface area (Å²) in [4.78, 5) is 11.2. The number of carbonyl (C=O) groups excluding carboxylic acids is 1. The molecule has 0 aliphatic rings. The molecule has 21 heavy (non-hydrogen) atoms. The Morgan fingerprint density at radius 1 is 1.24 bits per heavy atom. The van der Waals surface area contributed by atoms with Crippen molar-refractivity contribution in [1.82, 2.24) is 5.32 Å². The van der Waals surface area contributed by atoms with E-state index in [1.165, 1.54) is 19.1 Å². The molecule has 0 radical (unpaired) electrons. The summed E-state index contributed by atoms with van der Waals surface area (Å²) < 4.78 is 60.1. The molecule has 1 atom stereocenters. The van der Waals surface area contributed by atoms with E-state index < -0.39 is 40.1 Å². The highest BCUT2D eigenvalue weighted by Gasteiger charge is 2.32. The predicted octanol–water partition coefficient (Wildman–Crippen LogP) is 2.23. The monoisotopic (exact) mass is 323 g/mol. The Morgan fingerprint density at radius 3 is 2.24 bits per heavy atom. The van der Waals surface area contributed by atoms with Gasteiger partial charge < -0.3 is 5.32 Å². The third kappa shape index (κ3) is 6.16. The van der Waals surface area contributed by atoms with Gasteiger partial charge in [0.25, 0.3) is 0 Å². The number of halogens is 3. The van der Waals surface area contributed by atoms with E-state index >= 15 is 0 Å². The highest BCUT2D eigenvalue weighted by atomic mass is 32.2. The number of hydrogen-bond acceptors (Lipinski definition) is 3. The lowest BCUT2D eigenvalue weighted by Gasteiger charge is -2.15. The van der Waals surface area contributed by atoms with E-state index in [2.05, 4.69) is 0 Å². The molecule has 0 aromatic heterocycles. The van der Waals surface area contributed by atoms with Crippen LogP contribution in [-0.4, -0.2) is 32.3 Å². The first-order valence-electron chi connectivity index (χ1n) is 6.15. The number of amides is 1. The van der Waals surface area contributed by atoms with E-state index in [9.17, 15) is 26.4 Å². The lowest BCUT2D eigenvalue weighted by molar-refractivity contribution is -0.154. The summed E-state index contributed by atoms with van der Waals surface area (Å²) in [6.07, 6.45) is -6.23. The van der Waals surface area contributed by atoms with Crippen molar-refractivity contribution in [1.29, 1.82) is 0 Å². The molecule has 1 rings (SSSR count). The average Bonchev–Trinajstić information content (AvgIpc) is 2.25. The van der Waals surface area contributed by atoms with Gasteiger partial charge in [0.05, 0.1) is 10.6 Å². The summed E-state index contributed by atoms with van der Waals surface area (Å²) in [6.45, 7) is 3.15. The van der Waals surface area contributed by atoms with Crippen molar-refractivity contribution in [3.63, 3.8) is 0 Å². The molecule has 0 fully saturated rings. The molecule has 0 unspecified atom stereocenters. The van der Waals surface area contributed by atoms with Crippen LogP contribution >= 0.6 is 0 Å². The summed E-state index contributed by atoms with van der Waals surface area (Å²) in [5.74, 6) is -1.70. The van der Waals surface area contributed by atoms with Crippen LogP contribution in [-0.2, 0) is 14.6 Å². The minimum atomic E-state index is -4.61. The zero-order valence-corrected chi connectivity index (χ0v) is 12.4. The number of rotatable bonds is 5. The van der Waals surface area contributed by atoms with Crippen molar-refractivity contribution in [3.05, 3.63) is 29.8 Å². The molecular weight excluding hydrogens is 307 g/mol. The molecule has 1 N–H and O–H groups in total. The van der Waals surface area contributed by atoms with Crippen molar-refractivity contribution in [2.24, 2.45) is 0 Å². The van der Waals surface area contributed by atoms with E-state index in [-0.39, 0.29) is 4.90 Å². The fourth-order valence-corrected chi connectivity index (χ4v) is 3.21. The standard InChI is InChI=1S/C13H16F3NO3S/c1-9-3-5-11(6-4-9)21(19,20)8-10(2)17-12(18)7-13(14,15)16/h3-6,10H,7-8H2,1-2H3,(H,17,18)/t10-/m1/s1. The van der Waals surface area contributed by atoms with Crippen molar-refractivity contribution in [2.75, 3.05) is 5.75 Å². The Bertz CT molecular complexity index is 594.